The van der Waals surface area contributed by atoms with Crippen LogP contribution in [0.25, 0.3) is 0 Å². The zero-order valence-corrected chi connectivity index (χ0v) is 19.6. The van der Waals surface area contributed by atoms with Crippen molar-refractivity contribution < 1.29 is 10.0 Å². The molecule has 0 aliphatic carbocycles. The monoisotopic (exact) mass is 458 g/mol. The number of benzene rings is 1. The molecule has 1 aromatic carbocycles. The van der Waals surface area contributed by atoms with E-state index in [1.807, 2.05) is 29.2 Å². The Bertz CT molecular complexity index is 946. The molecule has 0 bridgehead atoms. The minimum atomic E-state index is -0.257. The first-order valence-electron chi connectivity index (χ1n) is 11.2. The van der Waals surface area contributed by atoms with Gasteiger partial charge in [0, 0.05) is 55.3 Å². The number of hydrogen-bond acceptors (Lipinski definition) is 7. The van der Waals surface area contributed by atoms with Crippen molar-refractivity contribution in [3.05, 3.63) is 46.7 Å². The molecule has 32 heavy (non-hydrogen) atoms. The standard InChI is InChI=1S/C23H31ClN6O2/c1-15(2)25-12-19(17-4-6-18(24)7-5-17)23(31)29-10-8-28(9-11-29)21-20-16(3)13-30(32)22(20)27-14-26-21/h4-7,14-16,19,25,32H,8-13H2,1-3H3/t16-,19?/m1/s1. The van der Waals surface area contributed by atoms with Crippen molar-refractivity contribution >= 4 is 29.1 Å². The number of piperazine rings is 1. The molecule has 9 heteroatoms. The number of halogens is 1. The number of aromatic nitrogens is 2. The summed E-state index contributed by atoms with van der Waals surface area (Å²) in [5, 5.41) is 15.4. The molecule has 0 saturated carbocycles. The summed E-state index contributed by atoms with van der Waals surface area (Å²) in [4.78, 5) is 26.4. The van der Waals surface area contributed by atoms with Crippen LogP contribution in [0, 0.1) is 0 Å². The summed E-state index contributed by atoms with van der Waals surface area (Å²) >= 11 is 6.06. The van der Waals surface area contributed by atoms with Gasteiger partial charge < -0.3 is 15.1 Å². The Morgan fingerprint density at radius 1 is 1.16 bits per heavy atom. The maximum atomic E-state index is 13.5. The van der Waals surface area contributed by atoms with Gasteiger partial charge >= 0.3 is 0 Å². The second kappa shape index (κ2) is 9.60. The third-order valence-corrected chi connectivity index (χ3v) is 6.47. The Hall–Kier alpha value is -2.42. The SMILES string of the molecule is CC(C)NCC(C(=O)N1CCN(c2ncnc3c2[C@H](C)CN3O)CC1)c1ccc(Cl)cc1. The maximum Gasteiger partial charge on any atom is 0.231 e. The lowest BCUT2D eigenvalue weighted by Gasteiger charge is -2.38. The highest BCUT2D eigenvalue weighted by Gasteiger charge is 2.34. The molecule has 3 heterocycles. The lowest BCUT2D eigenvalue weighted by atomic mass is 9.96. The van der Waals surface area contributed by atoms with E-state index in [1.54, 1.807) is 0 Å². The van der Waals surface area contributed by atoms with Gasteiger partial charge in [0.1, 0.15) is 12.1 Å². The normalized spacial score (nSPS) is 19.4. The molecule has 1 amide bonds. The second-order valence-corrected chi connectivity index (χ2v) is 9.33. The lowest BCUT2D eigenvalue weighted by molar-refractivity contribution is -0.133. The van der Waals surface area contributed by atoms with Crippen LogP contribution in [0.3, 0.4) is 0 Å². The highest BCUT2D eigenvalue weighted by molar-refractivity contribution is 6.30. The number of amides is 1. The minimum Gasteiger partial charge on any atom is -0.353 e. The van der Waals surface area contributed by atoms with E-state index < -0.39 is 0 Å². The van der Waals surface area contributed by atoms with Crippen molar-refractivity contribution in [3.63, 3.8) is 0 Å². The summed E-state index contributed by atoms with van der Waals surface area (Å²) in [6.07, 6.45) is 1.50. The molecule has 8 nitrogen and oxygen atoms in total. The van der Waals surface area contributed by atoms with Crippen molar-refractivity contribution in [2.75, 3.05) is 49.2 Å². The van der Waals surface area contributed by atoms with Gasteiger partial charge in [-0.05, 0) is 17.7 Å². The molecule has 1 aromatic heterocycles. The van der Waals surface area contributed by atoms with Crippen molar-refractivity contribution in [1.82, 2.24) is 20.2 Å². The summed E-state index contributed by atoms with van der Waals surface area (Å²) in [5.41, 5.74) is 1.95. The number of hydroxylamine groups is 1. The first-order chi connectivity index (χ1) is 15.3. The molecule has 2 aliphatic heterocycles. The molecule has 0 spiro atoms. The molecule has 2 N–H and O–H groups in total. The predicted molar refractivity (Wildman–Crippen MR) is 126 cm³/mol. The zero-order valence-electron chi connectivity index (χ0n) is 18.8. The van der Waals surface area contributed by atoms with Crippen LogP contribution in [0.1, 0.15) is 43.7 Å². The second-order valence-electron chi connectivity index (χ2n) is 8.90. The number of nitrogens with zero attached hydrogens (tertiary/aromatic N) is 5. The van der Waals surface area contributed by atoms with Gasteiger partial charge in [0.05, 0.1) is 12.5 Å². The van der Waals surface area contributed by atoms with E-state index in [4.69, 9.17) is 11.6 Å². The Kier molecular flexibility index (Phi) is 6.83. The van der Waals surface area contributed by atoms with Gasteiger partial charge in [0.25, 0.3) is 0 Å². The molecule has 0 radical (unpaired) electrons. The number of carbonyl (C=O) groups is 1. The molecule has 172 valence electrons. The third kappa shape index (κ3) is 4.67. The van der Waals surface area contributed by atoms with Crippen molar-refractivity contribution in [2.45, 2.75) is 38.6 Å². The van der Waals surface area contributed by atoms with Crippen molar-refractivity contribution in [1.29, 1.82) is 0 Å². The van der Waals surface area contributed by atoms with Gasteiger partial charge in [-0.15, -0.1) is 0 Å². The fourth-order valence-corrected chi connectivity index (χ4v) is 4.59. The van der Waals surface area contributed by atoms with Crippen molar-refractivity contribution in [3.8, 4) is 0 Å². The minimum absolute atomic E-state index is 0.128. The fourth-order valence-electron chi connectivity index (χ4n) is 4.47. The van der Waals surface area contributed by atoms with E-state index in [1.165, 1.54) is 11.4 Å². The molecule has 2 atom stereocenters. The van der Waals surface area contributed by atoms with Gasteiger partial charge in [-0.1, -0.05) is 44.5 Å². The average Bonchev–Trinajstić information content (AvgIpc) is 3.08. The largest absolute Gasteiger partial charge is 0.353 e. The van der Waals surface area contributed by atoms with E-state index in [-0.39, 0.29) is 17.7 Å². The topological polar surface area (TPSA) is 84.8 Å². The maximum absolute atomic E-state index is 13.5. The Morgan fingerprint density at radius 2 is 1.81 bits per heavy atom. The Balaban J connectivity index is 1.47. The van der Waals surface area contributed by atoms with Crippen LogP contribution in [0.15, 0.2) is 30.6 Å². The van der Waals surface area contributed by atoms with Crippen LogP contribution < -0.4 is 15.3 Å². The van der Waals surface area contributed by atoms with Gasteiger partial charge in [-0.3, -0.25) is 10.0 Å². The number of rotatable bonds is 6. The van der Waals surface area contributed by atoms with Crippen LogP contribution in [-0.4, -0.2) is 71.3 Å². The molecule has 2 aromatic rings. The highest BCUT2D eigenvalue weighted by atomic mass is 35.5. The smallest absolute Gasteiger partial charge is 0.231 e. The molecule has 2 aliphatic rings. The molecular weight excluding hydrogens is 428 g/mol. The molecule has 1 unspecified atom stereocenters. The Labute approximate surface area is 194 Å². The van der Waals surface area contributed by atoms with Gasteiger partial charge in [-0.2, -0.15) is 0 Å². The van der Waals surface area contributed by atoms with E-state index in [9.17, 15) is 10.0 Å². The zero-order chi connectivity index (χ0) is 22.8. The van der Waals surface area contributed by atoms with Crippen LogP contribution in [0.5, 0.6) is 0 Å². The summed E-state index contributed by atoms with van der Waals surface area (Å²) < 4.78 is 0. The summed E-state index contributed by atoms with van der Waals surface area (Å²) in [5.74, 6) is 1.48. The summed E-state index contributed by atoms with van der Waals surface area (Å²) in [6.45, 7) is 9.97. The van der Waals surface area contributed by atoms with Gasteiger partial charge in [-0.25, -0.2) is 15.0 Å². The van der Waals surface area contributed by atoms with Crippen molar-refractivity contribution in [2.24, 2.45) is 0 Å². The van der Waals surface area contributed by atoms with Gasteiger partial charge in [0.15, 0.2) is 5.82 Å². The Morgan fingerprint density at radius 3 is 2.47 bits per heavy atom. The van der Waals surface area contributed by atoms with E-state index in [2.05, 4.69) is 41.0 Å². The fraction of sp³-hybridized carbons (Fsp3) is 0.522. The number of fused-ring (bicyclic) bond motifs is 1. The number of hydrogen-bond donors (Lipinski definition) is 2. The summed E-state index contributed by atoms with van der Waals surface area (Å²) in [7, 11) is 0. The number of nitrogens with one attached hydrogen (secondary N) is 1. The number of carbonyl (C=O) groups excluding carboxylic acids is 1. The molecule has 1 saturated heterocycles. The highest BCUT2D eigenvalue weighted by Crippen LogP contribution is 2.38. The van der Waals surface area contributed by atoms with E-state index in [0.29, 0.717) is 56.2 Å². The predicted octanol–water partition coefficient (Wildman–Crippen LogP) is 2.87. The molecule has 1 fully saturated rings. The average molecular weight is 459 g/mol. The quantitative estimate of drug-likeness (QED) is 0.688. The summed E-state index contributed by atoms with van der Waals surface area (Å²) in [6, 6.07) is 7.85. The first-order valence-corrected chi connectivity index (χ1v) is 11.6. The van der Waals surface area contributed by atoms with Gasteiger partial charge in [0.2, 0.25) is 5.91 Å². The van der Waals surface area contributed by atoms with Crippen LogP contribution in [-0.2, 0) is 4.79 Å². The molecule has 4 rings (SSSR count). The van der Waals surface area contributed by atoms with Crippen LogP contribution >= 0.6 is 11.6 Å². The van der Waals surface area contributed by atoms with Crippen LogP contribution in [0.2, 0.25) is 5.02 Å². The van der Waals surface area contributed by atoms with E-state index in [0.717, 1.165) is 16.9 Å². The van der Waals surface area contributed by atoms with Crippen LogP contribution in [0.4, 0.5) is 11.6 Å². The lowest BCUT2D eigenvalue weighted by Crippen LogP contribution is -2.51. The first kappa shape index (κ1) is 22.8. The molecular formula is C23H31ClN6O2. The number of anilines is 2. The third-order valence-electron chi connectivity index (χ3n) is 6.22. The van der Waals surface area contributed by atoms with E-state index >= 15 is 0 Å².